The maximum atomic E-state index is 12.5. The van der Waals surface area contributed by atoms with Crippen LogP contribution in [0.3, 0.4) is 0 Å². The van der Waals surface area contributed by atoms with Crippen molar-refractivity contribution < 1.29 is 9.53 Å². The second-order valence-electron chi connectivity index (χ2n) is 6.62. The number of hydrogen-bond acceptors (Lipinski definition) is 3. The highest BCUT2D eigenvalue weighted by Crippen LogP contribution is 2.26. The average Bonchev–Trinajstić information content (AvgIpc) is 3.04. The first-order valence-corrected chi connectivity index (χ1v) is 8.65. The molecule has 0 fully saturated rings. The minimum atomic E-state index is -0.0601. The van der Waals surface area contributed by atoms with Crippen molar-refractivity contribution >= 4 is 5.91 Å². The molecule has 0 saturated heterocycles. The van der Waals surface area contributed by atoms with Crippen LogP contribution in [-0.2, 0) is 13.0 Å². The first-order valence-electron chi connectivity index (χ1n) is 8.65. The molecule has 2 heterocycles. The van der Waals surface area contributed by atoms with E-state index in [2.05, 4.69) is 30.3 Å². The fraction of sp³-hybridized carbons (Fsp3) is 0.474. The van der Waals surface area contributed by atoms with E-state index in [1.54, 1.807) is 4.68 Å². The molecule has 1 aliphatic heterocycles. The normalized spacial score (nSPS) is 16.6. The highest BCUT2D eigenvalue weighted by atomic mass is 16.5. The molecule has 1 aromatic heterocycles. The summed E-state index contributed by atoms with van der Waals surface area (Å²) >= 11 is 0. The third-order valence-electron chi connectivity index (χ3n) is 4.43. The lowest BCUT2D eigenvalue weighted by atomic mass is 9.97. The molecule has 0 spiro atoms. The number of nitrogens with zero attached hydrogens (tertiary/aromatic N) is 2. The zero-order chi connectivity index (χ0) is 17.1. The molecule has 0 radical (unpaired) electrons. The number of nitrogens with one attached hydrogen (secondary N) is 1. The van der Waals surface area contributed by atoms with Gasteiger partial charge in [-0.1, -0.05) is 32.0 Å². The standard InChI is InChI=1S/C19H25N3O2/c1-4-22-17(10-16(21-22)13(2)3)19(23)20-11-14-9-15-7-5-6-8-18(15)24-12-14/h5-8,10,13-14H,4,9,11-12H2,1-3H3,(H,20,23)/t14-/m0/s1. The number of benzene rings is 1. The lowest BCUT2D eigenvalue weighted by Gasteiger charge is -2.25. The summed E-state index contributed by atoms with van der Waals surface area (Å²) in [7, 11) is 0. The van der Waals surface area contributed by atoms with E-state index < -0.39 is 0 Å². The van der Waals surface area contributed by atoms with Crippen LogP contribution in [0, 0.1) is 5.92 Å². The molecule has 5 nitrogen and oxygen atoms in total. The summed E-state index contributed by atoms with van der Waals surface area (Å²) in [4.78, 5) is 12.5. The molecule has 0 unspecified atom stereocenters. The van der Waals surface area contributed by atoms with Gasteiger partial charge in [-0.25, -0.2) is 0 Å². The first kappa shape index (κ1) is 16.6. The van der Waals surface area contributed by atoms with Gasteiger partial charge in [-0.05, 0) is 37.0 Å². The van der Waals surface area contributed by atoms with E-state index in [9.17, 15) is 4.79 Å². The third kappa shape index (κ3) is 3.45. The van der Waals surface area contributed by atoms with E-state index in [0.717, 1.165) is 17.9 Å². The Labute approximate surface area is 143 Å². The highest BCUT2D eigenvalue weighted by Gasteiger charge is 2.21. The third-order valence-corrected chi connectivity index (χ3v) is 4.43. The molecule has 128 valence electrons. The van der Waals surface area contributed by atoms with Crippen molar-refractivity contribution in [3.63, 3.8) is 0 Å². The van der Waals surface area contributed by atoms with Crippen LogP contribution in [0.1, 0.15) is 48.4 Å². The molecule has 5 heteroatoms. The highest BCUT2D eigenvalue weighted by molar-refractivity contribution is 5.92. The number of fused-ring (bicyclic) bond motifs is 1. The Morgan fingerprint density at radius 2 is 2.21 bits per heavy atom. The van der Waals surface area contributed by atoms with Gasteiger partial charge in [0.25, 0.3) is 5.91 Å². The van der Waals surface area contributed by atoms with Crippen LogP contribution < -0.4 is 10.1 Å². The SMILES string of the molecule is CCn1nc(C(C)C)cc1C(=O)NC[C@H]1COc2ccccc2C1. The first-order chi connectivity index (χ1) is 11.6. The maximum Gasteiger partial charge on any atom is 0.269 e. The molecule has 0 bridgehead atoms. The number of para-hydroxylation sites is 1. The van der Waals surface area contributed by atoms with Crippen molar-refractivity contribution in [3.8, 4) is 5.75 Å². The summed E-state index contributed by atoms with van der Waals surface area (Å²) in [6, 6.07) is 9.99. The molecule has 1 N–H and O–H groups in total. The molecule has 24 heavy (non-hydrogen) atoms. The van der Waals surface area contributed by atoms with Gasteiger partial charge in [-0.15, -0.1) is 0 Å². The Balaban J connectivity index is 1.62. The number of rotatable bonds is 5. The summed E-state index contributed by atoms with van der Waals surface area (Å²) in [6.45, 7) is 8.11. The summed E-state index contributed by atoms with van der Waals surface area (Å²) in [5.41, 5.74) is 2.80. The van der Waals surface area contributed by atoms with Gasteiger partial charge in [0.05, 0.1) is 12.3 Å². The summed E-state index contributed by atoms with van der Waals surface area (Å²) in [5.74, 6) is 1.51. The van der Waals surface area contributed by atoms with E-state index in [4.69, 9.17) is 4.74 Å². The topological polar surface area (TPSA) is 56.2 Å². The largest absolute Gasteiger partial charge is 0.493 e. The molecule has 0 aliphatic carbocycles. The second-order valence-corrected chi connectivity index (χ2v) is 6.62. The van der Waals surface area contributed by atoms with E-state index in [0.29, 0.717) is 37.2 Å². The van der Waals surface area contributed by atoms with Crippen LogP contribution in [0.5, 0.6) is 5.75 Å². The predicted molar refractivity (Wildman–Crippen MR) is 93.5 cm³/mol. The van der Waals surface area contributed by atoms with Gasteiger partial charge in [0.1, 0.15) is 11.4 Å². The van der Waals surface area contributed by atoms with Gasteiger partial charge in [0, 0.05) is 19.0 Å². The molecular weight excluding hydrogens is 302 g/mol. The van der Waals surface area contributed by atoms with E-state index in [-0.39, 0.29) is 5.91 Å². The van der Waals surface area contributed by atoms with Gasteiger partial charge in [-0.2, -0.15) is 5.10 Å². The molecule has 1 atom stereocenters. The Morgan fingerprint density at radius 1 is 1.42 bits per heavy atom. The lowest BCUT2D eigenvalue weighted by Crippen LogP contribution is -2.35. The average molecular weight is 327 g/mol. The number of ether oxygens (including phenoxy) is 1. The fourth-order valence-electron chi connectivity index (χ4n) is 2.99. The van der Waals surface area contributed by atoms with Gasteiger partial charge in [0.15, 0.2) is 0 Å². The van der Waals surface area contributed by atoms with E-state index in [1.165, 1.54) is 5.56 Å². The van der Waals surface area contributed by atoms with Crippen molar-refractivity contribution in [1.82, 2.24) is 15.1 Å². The van der Waals surface area contributed by atoms with Crippen molar-refractivity contribution in [2.24, 2.45) is 5.92 Å². The van der Waals surface area contributed by atoms with Gasteiger partial charge in [0.2, 0.25) is 0 Å². The number of amides is 1. The zero-order valence-electron chi connectivity index (χ0n) is 14.6. The number of aryl methyl sites for hydroxylation is 1. The Kier molecular flexibility index (Phi) is 4.88. The van der Waals surface area contributed by atoms with Crippen LogP contribution in [-0.4, -0.2) is 28.8 Å². The minimum absolute atomic E-state index is 0.0601. The van der Waals surface area contributed by atoms with Crippen molar-refractivity contribution in [2.45, 2.75) is 39.7 Å². The maximum absolute atomic E-state index is 12.5. The number of carbonyl (C=O) groups is 1. The molecule has 2 aromatic rings. The molecule has 0 saturated carbocycles. The summed E-state index contributed by atoms with van der Waals surface area (Å²) < 4.78 is 7.56. The van der Waals surface area contributed by atoms with Crippen LogP contribution in [0.2, 0.25) is 0 Å². The van der Waals surface area contributed by atoms with Crippen LogP contribution >= 0.6 is 0 Å². The quantitative estimate of drug-likeness (QED) is 0.918. The summed E-state index contributed by atoms with van der Waals surface area (Å²) in [6.07, 6.45) is 0.931. The fourth-order valence-corrected chi connectivity index (χ4v) is 2.99. The van der Waals surface area contributed by atoms with Crippen molar-refractivity contribution in [1.29, 1.82) is 0 Å². The zero-order valence-corrected chi connectivity index (χ0v) is 14.6. The Bertz CT molecular complexity index is 721. The monoisotopic (exact) mass is 327 g/mol. The molecule has 3 rings (SSSR count). The molecule has 1 aromatic carbocycles. The van der Waals surface area contributed by atoms with Gasteiger partial charge >= 0.3 is 0 Å². The van der Waals surface area contributed by atoms with Crippen molar-refractivity contribution in [2.75, 3.05) is 13.2 Å². The van der Waals surface area contributed by atoms with Gasteiger partial charge < -0.3 is 10.1 Å². The van der Waals surface area contributed by atoms with E-state index >= 15 is 0 Å². The van der Waals surface area contributed by atoms with Crippen molar-refractivity contribution in [3.05, 3.63) is 47.3 Å². The molecule has 1 amide bonds. The molecular formula is C19H25N3O2. The second kappa shape index (κ2) is 7.07. The van der Waals surface area contributed by atoms with Crippen LogP contribution in [0.4, 0.5) is 0 Å². The Morgan fingerprint density at radius 3 is 2.96 bits per heavy atom. The molecule has 1 aliphatic rings. The van der Waals surface area contributed by atoms with Crippen LogP contribution in [0.25, 0.3) is 0 Å². The number of aromatic nitrogens is 2. The Hall–Kier alpha value is -2.30. The lowest BCUT2D eigenvalue weighted by molar-refractivity contribution is 0.0928. The van der Waals surface area contributed by atoms with Crippen LogP contribution in [0.15, 0.2) is 30.3 Å². The summed E-state index contributed by atoms with van der Waals surface area (Å²) in [5, 5.41) is 7.55. The number of hydrogen-bond donors (Lipinski definition) is 1. The predicted octanol–water partition coefficient (Wildman–Crippen LogP) is 3.01. The minimum Gasteiger partial charge on any atom is -0.493 e. The van der Waals surface area contributed by atoms with Gasteiger partial charge in [-0.3, -0.25) is 9.48 Å². The van der Waals surface area contributed by atoms with E-state index in [1.807, 2.05) is 31.2 Å². The smallest absolute Gasteiger partial charge is 0.269 e. The number of carbonyl (C=O) groups excluding carboxylic acids is 1.